The molecule has 0 nitrogen and oxygen atoms in total. The first-order chi connectivity index (χ1) is 4.72. The Hall–Kier alpha value is 0.440. The molecule has 1 fully saturated rings. The molecule has 0 amide bonds. The Balaban J connectivity index is 0.000000236. The summed E-state index contributed by atoms with van der Waals surface area (Å²) < 4.78 is 0. The van der Waals surface area contributed by atoms with Crippen LogP contribution in [0.3, 0.4) is 0 Å². The Bertz CT molecular complexity index is 113. The van der Waals surface area contributed by atoms with E-state index in [1.165, 1.54) is 24.3 Å². The Morgan fingerprint density at radius 3 is 1.50 bits per heavy atom. The molecule has 2 heteroatoms. The lowest BCUT2D eigenvalue weighted by molar-refractivity contribution is 1.09. The van der Waals surface area contributed by atoms with Crippen LogP contribution in [0.25, 0.3) is 0 Å². The molecule has 10 heavy (non-hydrogen) atoms. The lowest BCUT2D eigenvalue weighted by Crippen LogP contribution is -1.65. The first-order valence-electron chi connectivity index (χ1n) is 3.74. The quantitative estimate of drug-likeness (QED) is 0.395. The van der Waals surface area contributed by atoms with Gasteiger partial charge in [0.05, 0.1) is 0 Å². The fourth-order valence-corrected chi connectivity index (χ4v) is 4.32. The number of hydrogen-bond donors (Lipinski definition) is 0. The largest absolute Gasteiger partial charge is 0.142 e. The van der Waals surface area contributed by atoms with Crippen LogP contribution in [0.2, 0.25) is 0 Å². The SMILES string of the molecule is C=S1CCCS1=C.CCC. The molecule has 62 valence electrons. The molecule has 1 saturated heterocycles. The van der Waals surface area contributed by atoms with E-state index in [4.69, 9.17) is 0 Å². The van der Waals surface area contributed by atoms with Gasteiger partial charge in [-0.05, 0) is 17.9 Å². The van der Waals surface area contributed by atoms with Crippen molar-refractivity contribution in [2.75, 3.05) is 11.5 Å². The van der Waals surface area contributed by atoms with Crippen molar-refractivity contribution in [3.05, 3.63) is 0 Å². The zero-order valence-corrected chi connectivity index (χ0v) is 8.69. The van der Waals surface area contributed by atoms with E-state index < -0.39 is 0 Å². The molecule has 1 aliphatic heterocycles. The molecule has 0 aliphatic carbocycles. The van der Waals surface area contributed by atoms with Crippen LogP contribution in [0.5, 0.6) is 0 Å². The number of rotatable bonds is 0. The Morgan fingerprint density at radius 2 is 1.40 bits per heavy atom. The summed E-state index contributed by atoms with van der Waals surface area (Å²) in [6.45, 7) is 4.25. The molecule has 1 rings (SSSR count). The smallest absolute Gasteiger partial charge is 0.00239 e. The molecule has 0 N–H and O–H groups in total. The van der Waals surface area contributed by atoms with Crippen LogP contribution in [0.15, 0.2) is 0 Å². The predicted octanol–water partition coefficient (Wildman–Crippen LogP) is 3.12. The second-order valence-electron chi connectivity index (χ2n) is 2.35. The zero-order chi connectivity index (χ0) is 7.98. The van der Waals surface area contributed by atoms with Crippen LogP contribution in [-0.4, -0.2) is 23.2 Å². The summed E-state index contributed by atoms with van der Waals surface area (Å²) >= 11 is 0. The molecule has 0 saturated carbocycles. The van der Waals surface area contributed by atoms with Crippen LogP contribution in [0.1, 0.15) is 26.7 Å². The van der Waals surface area contributed by atoms with Gasteiger partial charge >= 0.3 is 0 Å². The van der Waals surface area contributed by atoms with Gasteiger partial charge in [0.2, 0.25) is 0 Å². The third kappa shape index (κ3) is 4.29. The van der Waals surface area contributed by atoms with Crippen LogP contribution < -0.4 is 0 Å². The van der Waals surface area contributed by atoms with E-state index in [2.05, 4.69) is 25.6 Å². The van der Waals surface area contributed by atoms with Crippen molar-refractivity contribution in [2.45, 2.75) is 26.7 Å². The minimum atomic E-state index is 0.449. The monoisotopic (exact) mass is 178 g/mol. The van der Waals surface area contributed by atoms with Gasteiger partial charge in [-0.25, -0.2) is 0 Å². The maximum atomic E-state index is 4.00. The van der Waals surface area contributed by atoms with Gasteiger partial charge in [-0.3, -0.25) is 0 Å². The van der Waals surface area contributed by atoms with E-state index in [1.54, 1.807) is 0 Å². The van der Waals surface area contributed by atoms with Gasteiger partial charge in [0.25, 0.3) is 0 Å². The van der Waals surface area contributed by atoms with Crippen molar-refractivity contribution >= 4 is 30.8 Å². The van der Waals surface area contributed by atoms with Gasteiger partial charge < -0.3 is 0 Å². The van der Waals surface area contributed by atoms with E-state index in [1.807, 2.05) is 0 Å². The van der Waals surface area contributed by atoms with Gasteiger partial charge in [-0.15, -0.1) is 19.0 Å². The highest BCUT2D eigenvalue weighted by molar-refractivity contribution is 8.89. The van der Waals surface area contributed by atoms with Crippen molar-refractivity contribution in [3.8, 4) is 0 Å². The first kappa shape index (κ1) is 10.4. The summed E-state index contributed by atoms with van der Waals surface area (Å²) in [5, 5.41) is 0. The molecule has 0 radical (unpaired) electrons. The third-order valence-electron chi connectivity index (χ3n) is 1.08. The molecular formula is C8H18S2. The van der Waals surface area contributed by atoms with Crippen LogP contribution in [0.4, 0.5) is 0 Å². The molecule has 0 aromatic carbocycles. The molecular weight excluding hydrogens is 160 g/mol. The summed E-state index contributed by atoms with van der Waals surface area (Å²) in [5.41, 5.74) is 0. The third-order valence-corrected chi connectivity index (χ3v) is 6.23. The summed E-state index contributed by atoms with van der Waals surface area (Å²) in [5.74, 6) is 10.7. The average molecular weight is 178 g/mol. The van der Waals surface area contributed by atoms with Gasteiger partial charge in [0, 0.05) is 0 Å². The summed E-state index contributed by atoms with van der Waals surface area (Å²) in [4.78, 5) is 0. The fraction of sp³-hybridized carbons (Fsp3) is 0.750. The van der Waals surface area contributed by atoms with Crippen molar-refractivity contribution in [1.29, 1.82) is 0 Å². The van der Waals surface area contributed by atoms with Gasteiger partial charge in [-0.2, -0.15) is 0 Å². The molecule has 1 aliphatic rings. The lowest BCUT2D eigenvalue weighted by atomic mass is 10.6. The topological polar surface area (TPSA) is 0 Å². The van der Waals surface area contributed by atoms with E-state index in [-0.39, 0.29) is 0 Å². The van der Waals surface area contributed by atoms with Crippen molar-refractivity contribution in [3.63, 3.8) is 0 Å². The minimum absolute atomic E-state index is 0.449. The highest BCUT2D eigenvalue weighted by Gasteiger charge is 2.04. The van der Waals surface area contributed by atoms with Gasteiger partial charge in [-0.1, -0.05) is 32.0 Å². The molecule has 2 unspecified atom stereocenters. The Kier molecular flexibility index (Phi) is 6.44. The van der Waals surface area contributed by atoms with Crippen molar-refractivity contribution in [2.24, 2.45) is 0 Å². The first-order valence-corrected chi connectivity index (χ1v) is 7.38. The Labute approximate surface area is 69.3 Å². The van der Waals surface area contributed by atoms with E-state index in [9.17, 15) is 0 Å². The molecule has 0 spiro atoms. The van der Waals surface area contributed by atoms with Crippen LogP contribution in [-0.2, 0) is 0 Å². The minimum Gasteiger partial charge on any atom is -0.142 e. The second-order valence-corrected chi connectivity index (χ2v) is 7.75. The lowest BCUT2D eigenvalue weighted by Gasteiger charge is -1.93. The molecule has 1 heterocycles. The zero-order valence-electron chi connectivity index (χ0n) is 7.06. The summed E-state index contributed by atoms with van der Waals surface area (Å²) in [6.07, 6.45) is 2.62. The van der Waals surface area contributed by atoms with Crippen molar-refractivity contribution in [1.82, 2.24) is 0 Å². The molecule has 2 atom stereocenters. The standard InChI is InChI=1S/C5H10S2.C3H8/c1-6-4-3-5-7(6)2;1-3-2/h1-5H2;3H2,1-2H3. The fourth-order valence-electron chi connectivity index (χ4n) is 0.617. The molecule has 0 aromatic heterocycles. The second kappa shape index (κ2) is 6.17. The Morgan fingerprint density at radius 1 is 1.10 bits per heavy atom. The molecule has 0 bridgehead atoms. The van der Waals surface area contributed by atoms with Gasteiger partial charge in [0.15, 0.2) is 0 Å². The normalized spacial score (nSPS) is 31.0. The summed E-state index contributed by atoms with van der Waals surface area (Å²) in [6, 6.07) is 0. The predicted molar refractivity (Wildman–Crippen MR) is 59.7 cm³/mol. The van der Waals surface area contributed by atoms with E-state index in [0.717, 1.165) is 0 Å². The highest BCUT2D eigenvalue weighted by Crippen LogP contribution is 2.41. The molecule has 0 aromatic rings. The van der Waals surface area contributed by atoms with E-state index >= 15 is 0 Å². The maximum Gasteiger partial charge on any atom is -0.00239 e. The summed E-state index contributed by atoms with van der Waals surface area (Å²) in [7, 11) is 0.898. The maximum absolute atomic E-state index is 4.00. The van der Waals surface area contributed by atoms with Crippen LogP contribution >= 0.6 is 19.0 Å². The van der Waals surface area contributed by atoms with E-state index in [0.29, 0.717) is 19.0 Å². The van der Waals surface area contributed by atoms with Gasteiger partial charge in [0.1, 0.15) is 0 Å². The van der Waals surface area contributed by atoms with Crippen molar-refractivity contribution < 1.29 is 0 Å². The number of hydrogen-bond acceptors (Lipinski definition) is 0. The van der Waals surface area contributed by atoms with Crippen LogP contribution in [0, 0.1) is 0 Å². The average Bonchev–Trinajstić information content (AvgIpc) is 2.19. The highest BCUT2D eigenvalue weighted by atomic mass is 33.1.